The number of alkyl halides is 1. The quantitative estimate of drug-likeness (QED) is 0.638. The van der Waals surface area contributed by atoms with E-state index in [4.69, 9.17) is 16.7 Å². The molecule has 4 heteroatoms. The number of hydrogen-bond acceptors (Lipinski definition) is 2. The van der Waals surface area contributed by atoms with Gasteiger partial charge in [0, 0.05) is 12.3 Å². The van der Waals surface area contributed by atoms with Gasteiger partial charge >= 0.3 is 0 Å². The molecule has 0 unspecified atom stereocenters. The van der Waals surface area contributed by atoms with Crippen LogP contribution in [0.5, 0.6) is 0 Å². The Bertz CT molecular complexity index is 148. The summed E-state index contributed by atoms with van der Waals surface area (Å²) in [6.07, 6.45) is 1.10. The van der Waals surface area contributed by atoms with E-state index < -0.39 is 5.54 Å². The summed E-state index contributed by atoms with van der Waals surface area (Å²) in [5.41, 5.74) is -0.524. The third-order valence-electron chi connectivity index (χ3n) is 1.41. The molecular formula is C8H16ClNO2. The molecule has 0 aliphatic rings. The molecule has 0 aliphatic heterocycles. The largest absolute Gasteiger partial charge is 0.394 e. The smallest absolute Gasteiger partial charge is 0.220 e. The number of hydrogen-bond donors (Lipinski definition) is 2. The van der Waals surface area contributed by atoms with Gasteiger partial charge in [-0.3, -0.25) is 4.79 Å². The van der Waals surface area contributed by atoms with Crippen LogP contribution >= 0.6 is 11.6 Å². The van der Waals surface area contributed by atoms with Crippen molar-refractivity contribution in [2.24, 2.45) is 0 Å². The van der Waals surface area contributed by atoms with Crippen LogP contribution in [0.3, 0.4) is 0 Å². The Morgan fingerprint density at radius 2 is 2.17 bits per heavy atom. The number of nitrogens with one attached hydrogen (secondary N) is 1. The van der Waals surface area contributed by atoms with Crippen molar-refractivity contribution >= 4 is 17.5 Å². The molecule has 1 amide bonds. The van der Waals surface area contributed by atoms with Crippen molar-refractivity contribution in [3.05, 3.63) is 0 Å². The Hall–Kier alpha value is -0.280. The lowest BCUT2D eigenvalue weighted by atomic mass is 10.1. The molecule has 0 aromatic carbocycles. The fourth-order valence-electron chi connectivity index (χ4n) is 0.707. The predicted molar refractivity (Wildman–Crippen MR) is 49.3 cm³/mol. The molecule has 0 spiro atoms. The minimum absolute atomic E-state index is 0.0559. The highest BCUT2D eigenvalue weighted by molar-refractivity contribution is 6.17. The van der Waals surface area contributed by atoms with E-state index in [0.29, 0.717) is 18.7 Å². The van der Waals surface area contributed by atoms with Crippen LogP contribution < -0.4 is 5.32 Å². The van der Waals surface area contributed by atoms with Crippen LogP contribution in [-0.4, -0.2) is 29.0 Å². The minimum atomic E-state index is -0.524. The van der Waals surface area contributed by atoms with Gasteiger partial charge in [0.25, 0.3) is 0 Å². The summed E-state index contributed by atoms with van der Waals surface area (Å²) in [5.74, 6) is 0.433. The first-order valence-corrected chi connectivity index (χ1v) is 4.53. The molecule has 0 aromatic heterocycles. The van der Waals surface area contributed by atoms with Gasteiger partial charge in [0.15, 0.2) is 0 Å². The first-order chi connectivity index (χ1) is 5.52. The van der Waals surface area contributed by atoms with Gasteiger partial charge in [-0.1, -0.05) is 0 Å². The van der Waals surface area contributed by atoms with E-state index in [9.17, 15) is 4.79 Å². The summed E-state index contributed by atoms with van der Waals surface area (Å²) in [6.45, 7) is 3.48. The van der Waals surface area contributed by atoms with E-state index in [1.165, 1.54) is 0 Å². The minimum Gasteiger partial charge on any atom is -0.394 e. The van der Waals surface area contributed by atoms with Crippen LogP contribution in [0.25, 0.3) is 0 Å². The fraction of sp³-hybridized carbons (Fsp3) is 0.875. The summed E-state index contributed by atoms with van der Waals surface area (Å²) < 4.78 is 0. The fourth-order valence-corrected chi connectivity index (χ4v) is 0.840. The molecule has 0 bridgehead atoms. The molecule has 0 heterocycles. The van der Waals surface area contributed by atoms with Gasteiger partial charge in [0.2, 0.25) is 5.91 Å². The topological polar surface area (TPSA) is 49.3 Å². The van der Waals surface area contributed by atoms with Crippen molar-refractivity contribution < 1.29 is 9.90 Å². The van der Waals surface area contributed by atoms with Crippen LogP contribution in [0.1, 0.15) is 26.7 Å². The Balaban J connectivity index is 3.68. The van der Waals surface area contributed by atoms with E-state index >= 15 is 0 Å². The van der Waals surface area contributed by atoms with Crippen molar-refractivity contribution in [3.8, 4) is 0 Å². The average molecular weight is 194 g/mol. The lowest BCUT2D eigenvalue weighted by Crippen LogP contribution is -2.46. The normalized spacial score (nSPS) is 11.3. The SMILES string of the molecule is CC(C)(CO)NC(=O)CCCCl. The third-order valence-corrected chi connectivity index (χ3v) is 1.68. The van der Waals surface area contributed by atoms with E-state index in [1.807, 2.05) is 0 Å². The maximum absolute atomic E-state index is 11.1. The molecular weight excluding hydrogens is 178 g/mol. The summed E-state index contributed by atoms with van der Waals surface area (Å²) in [7, 11) is 0. The van der Waals surface area contributed by atoms with E-state index in [-0.39, 0.29) is 12.5 Å². The molecule has 0 radical (unpaired) electrons. The summed E-state index contributed by atoms with van der Waals surface area (Å²) in [4.78, 5) is 11.1. The van der Waals surface area contributed by atoms with Crippen LogP contribution in [0, 0.1) is 0 Å². The van der Waals surface area contributed by atoms with Crippen LogP contribution in [0.2, 0.25) is 0 Å². The third kappa shape index (κ3) is 5.38. The van der Waals surface area contributed by atoms with Crippen LogP contribution in [0.15, 0.2) is 0 Å². The lowest BCUT2D eigenvalue weighted by molar-refractivity contribution is -0.123. The van der Waals surface area contributed by atoms with Gasteiger partial charge in [-0.2, -0.15) is 0 Å². The molecule has 0 atom stereocenters. The van der Waals surface area contributed by atoms with Crippen molar-refractivity contribution in [1.29, 1.82) is 0 Å². The van der Waals surface area contributed by atoms with E-state index in [1.54, 1.807) is 13.8 Å². The van der Waals surface area contributed by atoms with Gasteiger partial charge in [-0.25, -0.2) is 0 Å². The first kappa shape index (κ1) is 11.7. The lowest BCUT2D eigenvalue weighted by Gasteiger charge is -2.23. The second kappa shape index (κ2) is 5.38. The maximum Gasteiger partial charge on any atom is 0.220 e. The molecule has 0 aromatic rings. The number of aliphatic hydroxyl groups is 1. The number of amides is 1. The summed E-state index contributed by atoms with van der Waals surface area (Å²) in [6, 6.07) is 0. The van der Waals surface area contributed by atoms with Gasteiger partial charge in [0.05, 0.1) is 12.1 Å². The van der Waals surface area contributed by atoms with E-state index in [0.717, 1.165) is 0 Å². The predicted octanol–water partition coefficient (Wildman–Crippen LogP) is 0.892. The first-order valence-electron chi connectivity index (χ1n) is 3.99. The number of rotatable bonds is 5. The van der Waals surface area contributed by atoms with Crippen molar-refractivity contribution in [1.82, 2.24) is 5.32 Å². The highest BCUT2D eigenvalue weighted by atomic mass is 35.5. The Morgan fingerprint density at radius 1 is 1.58 bits per heavy atom. The molecule has 72 valence electrons. The Kier molecular flexibility index (Phi) is 5.25. The number of carbonyl (C=O) groups excluding carboxylic acids is 1. The molecule has 0 rings (SSSR count). The zero-order valence-corrected chi connectivity index (χ0v) is 8.32. The highest BCUT2D eigenvalue weighted by Gasteiger charge is 2.18. The zero-order chi connectivity index (χ0) is 9.61. The van der Waals surface area contributed by atoms with Gasteiger partial charge in [-0.05, 0) is 20.3 Å². The van der Waals surface area contributed by atoms with Crippen LogP contribution in [-0.2, 0) is 4.79 Å². The molecule has 0 aliphatic carbocycles. The zero-order valence-electron chi connectivity index (χ0n) is 7.56. The molecule has 3 nitrogen and oxygen atoms in total. The molecule has 0 saturated heterocycles. The van der Waals surface area contributed by atoms with Crippen molar-refractivity contribution in [2.45, 2.75) is 32.2 Å². The van der Waals surface area contributed by atoms with Crippen LogP contribution in [0.4, 0.5) is 0 Å². The highest BCUT2D eigenvalue weighted by Crippen LogP contribution is 2.01. The van der Waals surface area contributed by atoms with Crippen molar-refractivity contribution in [3.63, 3.8) is 0 Å². The number of aliphatic hydroxyl groups excluding tert-OH is 1. The standard InChI is InChI=1S/C8H16ClNO2/c1-8(2,6-11)10-7(12)4-3-5-9/h11H,3-6H2,1-2H3,(H,10,12). The Morgan fingerprint density at radius 3 is 2.58 bits per heavy atom. The van der Waals surface area contributed by atoms with Gasteiger partial charge < -0.3 is 10.4 Å². The molecule has 0 fully saturated rings. The summed E-state index contributed by atoms with van der Waals surface area (Å²) in [5, 5.41) is 11.5. The van der Waals surface area contributed by atoms with E-state index in [2.05, 4.69) is 5.32 Å². The summed E-state index contributed by atoms with van der Waals surface area (Å²) >= 11 is 5.42. The van der Waals surface area contributed by atoms with Crippen molar-refractivity contribution in [2.75, 3.05) is 12.5 Å². The second-order valence-corrected chi connectivity index (χ2v) is 3.76. The second-order valence-electron chi connectivity index (χ2n) is 3.38. The number of carbonyl (C=O) groups is 1. The average Bonchev–Trinajstić information content (AvgIpc) is 2.00. The van der Waals surface area contributed by atoms with Gasteiger partial charge in [0.1, 0.15) is 0 Å². The molecule has 2 N–H and O–H groups in total. The monoisotopic (exact) mass is 193 g/mol. The maximum atomic E-state index is 11.1. The number of halogens is 1. The molecule has 0 saturated carbocycles. The Labute approximate surface area is 78.1 Å². The molecule has 12 heavy (non-hydrogen) atoms. The van der Waals surface area contributed by atoms with Gasteiger partial charge in [-0.15, -0.1) is 11.6 Å².